The first-order valence-electron chi connectivity index (χ1n) is 7.63. The van der Waals surface area contributed by atoms with Gasteiger partial charge in [0.2, 0.25) is 0 Å². The average Bonchev–Trinajstić information content (AvgIpc) is 2.97. The van der Waals surface area contributed by atoms with E-state index in [9.17, 15) is 0 Å². The molecule has 0 radical (unpaired) electrons. The van der Waals surface area contributed by atoms with E-state index in [1.54, 1.807) is 0 Å². The second kappa shape index (κ2) is 7.85. The van der Waals surface area contributed by atoms with Crippen LogP contribution in [0.5, 0.6) is 0 Å². The van der Waals surface area contributed by atoms with Gasteiger partial charge in [-0.3, -0.25) is 0 Å². The van der Waals surface area contributed by atoms with E-state index in [1.165, 1.54) is 5.56 Å². The zero-order valence-electron chi connectivity index (χ0n) is 12.5. The topological polar surface area (TPSA) is 29.9 Å². The minimum Gasteiger partial charge on any atom is -0.334 e. The summed E-state index contributed by atoms with van der Waals surface area (Å²) in [6, 6.07) is 11.0. The van der Waals surface area contributed by atoms with Crippen LogP contribution in [0.25, 0.3) is 0 Å². The molecule has 0 aliphatic carbocycles. The van der Waals surface area contributed by atoms with Gasteiger partial charge in [-0.25, -0.2) is 4.98 Å². The van der Waals surface area contributed by atoms with Gasteiger partial charge in [0.25, 0.3) is 0 Å². The van der Waals surface area contributed by atoms with E-state index >= 15 is 0 Å². The van der Waals surface area contributed by atoms with Crippen LogP contribution in [0.4, 0.5) is 0 Å². The number of nitrogens with one attached hydrogen (secondary N) is 1. The third-order valence-electron chi connectivity index (χ3n) is 3.61. The predicted molar refractivity (Wildman–Crippen MR) is 83.7 cm³/mol. The van der Waals surface area contributed by atoms with Crippen molar-refractivity contribution in [3.63, 3.8) is 0 Å². The molecule has 108 valence electrons. The van der Waals surface area contributed by atoms with E-state index in [-0.39, 0.29) is 0 Å². The summed E-state index contributed by atoms with van der Waals surface area (Å²) in [5, 5.41) is 3.63. The monoisotopic (exact) mass is 271 g/mol. The fourth-order valence-electron chi connectivity index (χ4n) is 2.49. The predicted octanol–water partition coefficient (Wildman–Crippen LogP) is 3.58. The number of benzene rings is 1. The summed E-state index contributed by atoms with van der Waals surface area (Å²) in [4.78, 5) is 4.55. The molecule has 1 N–H and O–H groups in total. The Bertz CT molecular complexity index is 490. The van der Waals surface area contributed by atoms with Gasteiger partial charge >= 0.3 is 0 Å². The molecule has 0 spiro atoms. The van der Waals surface area contributed by atoms with Gasteiger partial charge in [-0.15, -0.1) is 0 Å². The van der Waals surface area contributed by atoms with Crippen LogP contribution in [0.3, 0.4) is 0 Å². The standard InChI is InChI=1S/C17H25N3/c1-3-12-18-16(17-19-13-14-20(17)4-2)11-10-15-8-6-5-7-9-15/h5-9,13-14,16,18H,3-4,10-12H2,1-2H3. The molecular formula is C17H25N3. The van der Waals surface area contributed by atoms with Crippen molar-refractivity contribution in [1.29, 1.82) is 0 Å². The highest BCUT2D eigenvalue weighted by Gasteiger charge is 2.15. The zero-order chi connectivity index (χ0) is 14.2. The van der Waals surface area contributed by atoms with Crippen molar-refractivity contribution in [2.45, 2.75) is 45.7 Å². The smallest absolute Gasteiger partial charge is 0.125 e. The van der Waals surface area contributed by atoms with Gasteiger partial charge in [-0.05, 0) is 38.3 Å². The Morgan fingerprint density at radius 1 is 1.20 bits per heavy atom. The molecule has 0 amide bonds. The van der Waals surface area contributed by atoms with E-state index in [4.69, 9.17) is 0 Å². The van der Waals surface area contributed by atoms with Crippen molar-refractivity contribution >= 4 is 0 Å². The molecule has 1 unspecified atom stereocenters. The Hall–Kier alpha value is -1.61. The maximum absolute atomic E-state index is 4.55. The second-order valence-electron chi connectivity index (χ2n) is 5.10. The fourth-order valence-corrected chi connectivity index (χ4v) is 2.49. The molecule has 2 rings (SSSR count). The summed E-state index contributed by atoms with van der Waals surface area (Å²) in [6.45, 7) is 6.38. The van der Waals surface area contributed by atoms with Gasteiger partial charge in [0.15, 0.2) is 0 Å². The minimum atomic E-state index is 0.338. The highest BCUT2D eigenvalue weighted by molar-refractivity contribution is 5.15. The Labute approximate surface area is 122 Å². The highest BCUT2D eigenvalue weighted by atomic mass is 15.1. The van der Waals surface area contributed by atoms with Crippen LogP contribution in [-0.4, -0.2) is 16.1 Å². The van der Waals surface area contributed by atoms with Crippen LogP contribution in [0.2, 0.25) is 0 Å². The van der Waals surface area contributed by atoms with E-state index in [1.807, 2.05) is 6.20 Å². The van der Waals surface area contributed by atoms with Crippen molar-refractivity contribution < 1.29 is 0 Å². The molecule has 0 aliphatic rings. The number of aryl methyl sites for hydroxylation is 2. The SMILES string of the molecule is CCCNC(CCc1ccccc1)c1nccn1CC. The number of rotatable bonds is 8. The second-order valence-corrected chi connectivity index (χ2v) is 5.10. The lowest BCUT2D eigenvalue weighted by atomic mass is 10.0. The van der Waals surface area contributed by atoms with Crippen molar-refractivity contribution in [3.05, 3.63) is 54.1 Å². The van der Waals surface area contributed by atoms with E-state index < -0.39 is 0 Å². The van der Waals surface area contributed by atoms with Crippen LogP contribution in [0.1, 0.15) is 44.1 Å². The van der Waals surface area contributed by atoms with Gasteiger partial charge in [0.05, 0.1) is 6.04 Å². The molecule has 0 saturated heterocycles. The zero-order valence-corrected chi connectivity index (χ0v) is 12.5. The normalized spacial score (nSPS) is 12.5. The van der Waals surface area contributed by atoms with Crippen LogP contribution in [-0.2, 0) is 13.0 Å². The third-order valence-corrected chi connectivity index (χ3v) is 3.61. The van der Waals surface area contributed by atoms with E-state index in [2.05, 4.69) is 65.2 Å². The Balaban J connectivity index is 2.04. The molecule has 0 aliphatic heterocycles. The molecule has 1 atom stereocenters. The van der Waals surface area contributed by atoms with Gasteiger partial charge in [-0.2, -0.15) is 0 Å². The number of imidazole rings is 1. The first kappa shape index (κ1) is 14.8. The van der Waals surface area contributed by atoms with Crippen molar-refractivity contribution in [1.82, 2.24) is 14.9 Å². The van der Waals surface area contributed by atoms with Gasteiger partial charge in [0, 0.05) is 18.9 Å². The lowest BCUT2D eigenvalue weighted by Crippen LogP contribution is -2.25. The van der Waals surface area contributed by atoms with Gasteiger partial charge in [0.1, 0.15) is 5.82 Å². The highest BCUT2D eigenvalue weighted by Crippen LogP contribution is 2.18. The maximum Gasteiger partial charge on any atom is 0.125 e. The van der Waals surface area contributed by atoms with Crippen molar-refractivity contribution in [3.8, 4) is 0 Å². The summed E-state index contributed by atoms with van der Waals surface area (Å²) in [7, 11) is 0. The molecule has 1 aromatic carbocycles. The van der Waals surface area contributed by atoms with E-state index in [0.29, 0.717) is 6.04 Å². The average molecular weight is 271 g/mol. The number of hydrogen-bond acceptors (Lipinski definition) is 2. The summed E-state index contributed by atoms with van der Waals surface area (Å²) < 4.78 is 2.23. The maximum atomic E-state index is 4.55. The lowest BCUT2D eigenvalue weighted by Gasteiger charge is -2.19. The third kappa shape index (κ3) is 3.94. The number of hydrogen-bond donors (Lipinski definition) is 1. The van der Waals surface area contributed by atoms with Crippen LogP contribution < -0.4 is 5.32 Å². The molecule has 0 saturated carbocycles. The summed E-state index contributed by atoms with van der Waals surface area (Å²) in [5.74, 6) is 1.16. The first-order chi connectivity index (χ1) is 9.85. The fraction of sp³-hybridized carbons (Fsp3) is 0.471. The number of nitrogens with zero attached hydrogens (tertiary/aromatic N) is 2. The first-order valence-corrected chi connectivity index (χ1v) is 7.63. The minimum absolute atomic E-state index is 0.338. The molecule has 2 aromatic rings. The van der Waals surface area contributed by atoms with Crippen LogP contribution in [0, 0.1) is 0 Å². The molecule has 20 heavy (non-hydrogen) atoms. The Morgan fingerprint density at radius 2 is 2.00 bits per heavy atom. The van der Waals surface area contributed by atoms with Gasteiger partial charge < -0.3 is 9.88 Å². The van der Waals surface area contributed by atoms with Crippen molar-refractivity contribution in [2.75, 3.05) is 6.54 Å². The Morgan fingerprint density at radius 3 is 2.70 bits per heavy atom. The molecule has 1 aromatic heterocycles. The molecule has 3 nitrogen and oxygen atoms in total. The lowest BCUT2D eigenvalue weighted by molar-refractivity contribution is 0.458. The molecular weight excluding hydrogens is 246 g/mol. The van der Waals surface area contributed by atoms with Crippen LogP contribution in [0.15, 0.2) is 42.7 Å². The molecule has 1 heterocycles. The number of aromatic nitrogens is 2. The quantitative estimate of drug-likeness (QED) is 0.795. The Kier molecular flexibility index (Phi) is 5.81. The van der Waals surface area contributed by atoms with Gasteiger partial charge in [-0.1, -0.05) is 37.3 Å². The summed E-state index contributed by atoms with van der Waals surface area (Å²) in [5.41, 5.74) is 1.39. The molecule has 0 fully saturated rings. The summed E-state index contributed by atoms with van der Waals surface area (Å²) in [6.07, 6.45) is 7.29. The van der Waals surface area contributed by atoms with Crippen LogP contribution >= 0.6 is 0 Å². The van der Waals surface area contributed by atoms with E-state index in [0.717, 1.165) is 38.2 Å². The molecule has 0 bridgehead atoms. The molecule has 3 heteroatoms. The van der Waals surface area contributed by atoms with Crippen molar-refractivity contribution in [2.24, 2.45) is 0 Å². The summed E-state index contributed by atoms with van der Waals surface area (Å²) >= 11 is 0. The largest absolute Gasteiger partial charge is 0.334 e.